The zero-order chi connectivity index (χ0) is 26.9. The zero-order valence-corrected chi connectivity index (χ0v) is 22.7. The van der Waals surface area contributed by atoms with Crippen molar-refractivity contribution in [2.24, 2.45) is 0 Å². The summed E-state index contributed by atoms with van der Waals surface area (Å²) in [7, 11) is 0. The number of carbonyl (C=O) groups is 1. The van der Waals surface area contributed by atoms with Crippen LogP contribution in [0.4, 0.5) is 0 Å². The predicted molar refractivity (Wildman–Crippen MR) is 153 cm³/mol. The second-order valence-electron chi connectivity index (χ2n) is 8.82. The molecule has 1 N–H and O–H groups in total. The van der Waals surface area contributed by atoms with Crippen molar-refractivity contribution < 1.29 is 14.3 Å². The fraction of sp³-hybridized carbons (Fsp3) is 0.323. The van der Waals surface area contributed by atoms with Gasteiger partial charge in [0.25, 0.3) is 5.91 Å². The van der Waals surface area contributed by atoms with Crippen molar-refractivity contribution in [3.63, 3.8) is 0 Å². The zero-order valence-electron chi connectivity index (χ0n) is 22.7. The van der Waals surface area contributed by atoms with Gasteiger partial charge in [-0.25, -0.2) is 9.97 Å². The number of benzene rings is 3. The molecule has 0 aliphatic carbocycles. The largest absolute Gasteiger partial charge is 0.494 e. The maximum absolute atomic E-state index is 12.9. The van der Waals surface area contributed by atoms with Crippen LogP contribution in [0, 0.1) is 0 Å². The van der Waals surface area contributed by atoms with Gasteiger partial charge in [-0.05, 0) is 93.7 Å². The molecular weight excluding hydrogens is 476 g/mol. The van der Waals surface area contributed by atoms with Gasteiger partial charge in [-0.1, -0.05) is 13.8 Å². The number of nitrogens with one attached hydrogen (secondary N) is 1. The first-order valence-electron chi connectivity index (χ1n) is 13.3. The molecule has 0 saturated heterocycles. The Bertz CT molecular complexity index is 1350. The van der Waals surface area contributed by atoms with E-state index in [0.717, 1.165) is 59.2 Å². The molecule has 0 fully saturated rings. The van der Waals surface area contributed by atoms with Crippen LogP contribution in [0.15, 0.2) is 66.7 Å². The Hall–Kier alpha value is -3.97. The van der Waals surface area contributed by atoms with Crippen LogP contribution in [-0.4, -0.2) is 60.2 Å². The topological polar surface area (TPSA) is 76.6 Å². The molecule has 1 amide bonds. The van der Waals surface area contributed by atoms with Gasteiger partial charge in [0.05, 0.1) is 35.6 Å². The third kappa shape index (κ3) is 6.47. The highest BCUT2D eigenvalue weighted by Crippen LogP contribution is 2.33. The van der Waals surface area contributed by atoms with Crippen LogP contribution in [0.3, 0.4) is 0 Å². The summed E-state index contributed by atoms with van der Waals surface area (Å²) >= 11 is 0. The maximum Gasteiger partial charge on any atom is 0.251 e. The van der Waals surface area contributed by atoms with Crippen molar-refractivity contribution in [1.82, 2.24) is 20.2 Å². The third-order valence-corrected chi connectivity index (χ3v) is 6.41. The molecule has 4 rings (SSSR count). The van der Waals surface area contributed by atoms with Crippen molar-refractivity contribution in [2.45, 2.75) is 27.7 Å². The average molecular weight is 513 g/mol. The quantitative estimate of drug-likeness (QED) is 0.257. The second-order valence-corrected chi connectivity index (χ2v) is 8.82. The first-order chi connectivity index (χ1) is 18.6. The summed E-state index contributed by atoms with van der Waals surface area (Å²) in [5.41, 5.74) is 5.32. The van der Waals surface area contributed by atoms with E-state index < -0.39 is 0 Å². The molecule has 0 spiro atoms. The molecule has 7 nitrogen and oxygen atoms in total. The molecule has 1 aromatic heterocycles. The van der Waals surface area contributed by atoms with Gasteiger partial charge in [0.15, 0.2) is 0 Å². The highest BCUT2D eigenvalue weighted by atomic mass is 16.5. The van der Waals surface area contributed by atoms with Crippen molar-refractivity contribution in [2.75, 3.05) is 39.4 Å². The summed E-state index contributed by atoms with van der Waals surface area (Å²) in [5.74, 6) is 1.50. The number of hydrogen-bond acceptors (Lipinski definition) is 6. The standard InChI is InChI=1S/C31H36N4O3/c1-5-35(6-2)20-19-32-31(36)24-13-18-27-28(21-24)34-30(23-11-16-26(17-12-23)38-8-4)29(33-27)22-9-14-25(15-10-22)37-7-3/h9-18,21H,5-8,19-20H2,1-4H3,(H,32,36). The second kappa shape index (κ2) is 13.0. The Morgan fingerprint density at radius 1 is 0.737 bits per heavy atom. The highest BCUT2D eigenvalue weighted by molar-refractivity contribution is 5.98. The van der Waals surface area contributed by atoms with Crippen molar-refractivity contribution in [3.05, 3.63) is 72.3 Å². The van der Waals surface area contributed by atoms with E-state index in [-0.39, 0.29) is 5.91 Å². The molecule has 0 aliphatic rings. The highest BCUT2D eigenvalue weighted by Gasteiger charge is 2.16. The van der Waals surface area contributed by atoms with E-state index in [9.17, 15) is 4.79 Å². The first-order valence-corrected chi connectivity index (χ1v) is 13.3. The van der Waals surface area contributed by atoms with Crippen LogP contribution in [0.25, 0.3) is 33.5 Å². The van der Waals surface area contributed by atoms with Crippen molar-refractivity contribution in [3.8, 4) is 34.0 Å². The molecule has 0 bridgehead atoms. The Morgan fingerprint density at radius 3 is 1.76 bits per heavy atom. The number of rotatable bonds is 12. The van der Waals surface area contributed by atoms with Gasteiger partial charge < -0.3 is 19.7 Å². The fourth-order valence-corrected chi connectivity index (χ4v) is 4.32. The Kier molecular flexibility index (Phi) is 9.27. The summed E-state index contributed by atoms with van der Waals surface area (Å²) in [5, 5.41) is 3.03. The van der Waals surface area contributed by atoms with Crippen LogP contribution in [-0.2, 0) is 0 Å². The summed E-state index contributed by atoms with van der Waals surface area (Å²) < 4.78 is 11.2. The van der Waals surface area contributed by atoms with Gasteiger partial charge in [0.1, 0.15) is 11.5 Å². The minimum absolute atomic E-state index is 0.112. The lowest BCUT2D eigenvalue weighted by atomic mass is 10.0. The summed E-state index contributed by atoms with van der Waals surface area (Å²) in [6.07, 6.45) is 0. The lowest BCUT2D eigenvalue weighted by Crippen LogP contribution is -2.34. The number of likely N-dealkylation sites (N-methyl/N-ethyl adjacent to an activating group) is 1. The van der Waals surface area contributed by atoms with Crippen LogP contribution >= 0.6 is 0 Å². The predicted octanol–water partition coefficient (Wildman–Crippen LogP) is 5.83. The van der Waals surface area contributed by atoms with Gasteiger partial charge in [-0.3, -0.25) is 4.79 Å². The molecule has 0 atom stereocenters. The van der Waals surface area contributed by atoms with E-state index in [1.165, 1.54) is 0 Å². The van der Waals surface area contributed by atoms with Gasteiger partial charge in [-0.15, -0.1) is 0 Å². The Balaban J connectivity index is 1.70. The number of carbonyl (C=O) groups excluding carboxylic acids is 1. The van der Waals surface area contributed by atoms with Crippen LogP contribution in [0.5, 0.6) is 11.5 Å². The molecule has 3 aromatic carbocycles. The van der Waals surface area contributed by atoms with Gasteiger partial charge in [0.2, 0.25) is 0 Å². The number of ether oxygens (including phenoxy) is 2. The summed E-state index contributed by atoms with van der Waals surface area (Å²) in [6.45, 7) is 12.7. The minimum Gasteiger partial charge on any atom is -0.494 e. The lowest BCUT2D eigenvalue weighted by molar-refractivity contribution is 0.0949. The van der Waals surface area contributed by atoms with E-state index in [2.05, 4.69) is 24.1 Å². The minimum atomic E-state index is -0.112. The smallest absolute Gasteiger partial charge is 0.251 e. The first kappa shape index (κ1) is 27.1. The lowest BCUT2D eigenvalue weighted by Gasteiger charge is -2.18. The Morgan fingerprint density at radius 2 is 1.26 bits per heavy atom. The third-order valence-electron chi connectivity index (χ3n) is 6.41. The van der Waals surface area contributed by atoms with Crippen LogP contribution < -0.4 is 14.8 Å². The number of amides is 1. The number of aromatic nitrogens is 2. The molecule has 7 heteroatoms. The molecule has 1 heterocycles. The molecular formula is C31H36N4O3. The van der Waals surface area contributed by atoms with Gasteiger partial charge >= 0.3 is 0 Å². The molecule has 198 valence electrons. The van der Waals surface area contributed by atoms with Crippen molar-refractivity contribution >= 4 is 16.9 Å². The van der Waals surface area contributed by atoms with Crippen molar-refractivity contribution in [1.29, 1.82) is 0 Å². The maximum atomic E-state index is 12.9. The normalized spacial score (nSPS) is 11.1. The van der Waals surface area contributed by atoms with E-state index in [4.69, 9.17) is 19.4 Å². The van der Waals surface area contributed by atoms with E-state index >= 15 is 0 Å². The SMILES string of the molecule is CCOc1ccc(-c2nc3ccc(C(=O)NCCN(CC)CC)cc3nc2-c2ccc(OCC)cc2)cc1. The summed E-state index contributed by atoms with van der Waals surface area (Å²) in [4.78, 5) is 25.1. The molecule has 4 aromatic rings. The van der Waals surface area contributed by atoms with E-state index in [0.29, 0.717) is 30.8 Å². The number of hydrogen-bond donors (Lipinski definition) is 1. The van der Waals surface area contributed by atoms with Crippen LogP contribution in [0.1, 0.15) is 38.1 Å². The monoisotopic (exact) mass is 512 g/mol. The van der Waals surface area contributed by atoms with Crippen LogP contribution in [0.2, 0.25) is 0 Å². The molecule has 38 heavy (non-hydrogen) atoms. The average Bonchev–Trinajstić information content (AvgIpc) is 2.95. The fourth-order valence-electron chi connectivity index (χ4n) is 4.32. The Labute approximate surface area is 224 Å². The van der Waals surface area contributed by atoms with E-state index in [1.54, 1.807) is 0 Å². The molecule has 0 aliphatic heterocycles. The molecule has 0 radical (unpaired) electrons. The number of fused-ring (bicyclic) bond motifs is 1. The summed E-state index contributed by atoms with van der Waals surface area (Å²) in [6, 6.07) is 21.2. The number of nitrogens with zero attached hydrogens (tertiary/aromatic N) is 3. The van der Waals surface area contributed by atoms with Gasteiger partial charge in [-0.2, -0.15) is 0 Å². The molecule has 0 unspecified atom stereocenters. The van der Waals surface area contributed by atoms with Gasteiger partial charge in [0, 0.05) is 29.8 Å². The molecule has 0 saturated carbocycles. The van der Waals surface area contributed by atoms with E-state index in [1.807, 2.05) is 80.6 Å².